The predicted octanol–water partition coefficient (Wildman–Crippen LogP) is 2.24. The Bertz CT molecular complexity index is 637. The Morgan fingerprint density at radius 1 is 1.39 bits per heavy atom. The first kappa shape index (κ1) is 10.8. The summed E-state index contributed by atoms with van der Waals surface area (Å²) in [5, 5.41) is 13.5. The van der Waals surface area contributed by atoms with Crippen molar-refractivity contribution in [2.75, 3.05) is 7.11 Å². The Labute approximate surface area is 105 Å². The van der Waals surface area contributed by atoms with Gasteiger partial charge in [0.25, 0.3) is 0 Å². The lowest BCUT2D eigenvalue weighted by Gasteiger charge is -2.07. The summed E-state index contributed by atoms with van der Waals surface area (Å²) in [5.41, 5.74) is 3.79. The van der Waals surface area contributed by atoms with Crippen molar-refractivity contribution in [2.24, 2.45) is 0 Å². The molecule has 0 unspecified atom stereocenters. The molecular formula is C14H13N3O. The monoisotopic (exact) mass is 239 g/mol. The normalized spacial score (nSPS) is 13.1. The second-order valence-corrected chi connectivity index (χ2v) is 4.35. The first-order chi connectivity index (χ1) is 8.83. The molecule has 0 N–H and O–H groups in total. The molecule has 0 aliphatic heterocycles. The SMILES string of the molecule is COc1cccc(-n2nc(C#N)c3c2CCC3)c1. The number of hydrogen-bond acceptors (Lipinski definition) is 3. The van der Waals surface area contributed by atoms with Gasteiger partial charge in [-0.2, -0.15) is 10.4 Å². The van der Waals surface area contributed by atoms with Crippen LogP contribution < -0.4 is 4.74 Å². The van der Waals surface area contributed by atoms with Gasteiger partial charge >= 0.3 is 0 Å². The molecule has 0 saturated heterocycles. The van der Waals surface area contributed by atoms with Gasteiger partial charge in [0.1, 0.15) is 11.8 Å². The molecule has 2 aromatic rings. The number of aromatic nitrogens is 2. The number of fused-ring (bicyclic) bond motifs is 1. The van der Waals surface area contributed by atoms with Crippen molar-refractivity contribution in [1.29, 1.82) is 5.26 Å². The summed E-state index contributed by atoms with van der Waals surface area (Å²) in [6.45, 7) is 0. The third-order valence-electron chi connectivity index (χ3n) is 3.33. The van der Waals surface area contributed by atoms with E-state index in [0.29, 0.717) is 5.69 Å². The lowest BCUT2D eigenvalue weighted by molar-refractivity contribution is 0.414. The van der Waals surface area contributed by atoms with Crippen molar-refractivity contribution in [3.63, 3.8) is 0 Å². The number of rotatable bonds is 2. The van der Waals surface area contributed by atoms with Crippen LogP contribution in [0.4, 0.5) is 0 Å². The molecule has 3 rings (SSSR count). The van der Waals surface area contributed by atoms with Crippen molar-refractivity contribution in [3.8, 4) is 17.5 Å². The Balaban J connectivity index is 2.15. The van der Waals surface area contributed by atoms with Crippen LogP contribution in [0.15, 0.2) is 24.3 Å². The standard InChI is InChI=1S/C14H13N3O/c1-18-11-5-2-4-10(8-11)17-14-7-3-6-12(14)13(9-15)16-17/h2,4-5,8H,3,6-7H2,1H3. The molecular weight excluding hydrogens is 226 g/mol. The number of ether oxygens (including phenoxy) is 1. The van der Waals surface area contributed by atoms with Gasteiger partial charge in [0.15, 0.2) is 5.69 Å². The molecule has 90 valence electrons. The number of methoxy groups -OCH3 is 1. The molecule has 0 saturated carbocycles. The first-order valence-electron chi connectivity index (χ1n) is 5.99. The average molecular weight is 239 g/mol. The Morgan fingerprint density at radius 2 is 2.28 bits per heavy atom. The topological polar surface area (TPSA) is 50.8 Å². The van der Waals surface area contributed by atoms with Gasteiger partial charge in [0.05, 0.1) is 12.8 Å². The summed E-state index contributed by atoms with van der Waals surface area (Å²) in [7, 11) is 1.65. The van der Waals surface area contributed by atoms with Crippen molar-refractivity contribution in [2.45, 2.75) is 19.3 Å². The molecule has 1 aromatic heterocycles. The van der Waals surface area contributed by atoms with Crippen LogP contribution in [-0.2, 0) is 12.8 Å². The molecule has 1 aliphatic rings. The van der Waals surface area contributed by atoms with Crippen molar-refractivity contribution in [3.05, 3.63) is 41.2 Å². The van der Waals surface area contributed by atoms with Crippen LogP contribution >= 0.6 is 0 Å². The van der Waals surface area contributed by atoms with Crippen LogP contribution in [0.1, 0.15) is 23.4 Å². The lowest BCUT2D eigenvalue weighted by Crippen LogP contribution is -2.01. The Kier molecular flexibility index (Phi) is 2.52. The molecule has 1 aliphatic carbocycles. The minimum absolute atomic E-state index is 0.560. The molecule has 0 bridgehead atoms. The zero-order valence-corrected chi connectivity index (χ0v) is 10.2. The fraction of sp³-hybridized carbons (Fsp3) is 0.286. The maximum atomic E-state index is 9.11. The molecule has 1 heterocycles. The number of nitriles is 1. The molecule has 0 radical (unpaired) electrons. The third-order valence-corrected chi connectivity index (χ3v) is 3.33. The fourth-order valence-electron chi connectivity index (χ4n) is 2.48. The van der Waals surface area contributed by atoms with Crippen LogP contribution in [-0.4, -0.2) is 16.9 Å². The highest BCUT2D eigenvalue weighted by molar-refractivity contribution is 5.46. The molecule has 4 nitrogen and oxygen atoms in total. The molecule has 0 amide bonds. The minimum Gasteiger partial charge on any atom is -0.497 e. The summed E-state index contributed by atoms with van der Waals surface area (Å²) in [6, 6.07) is 9.94. The van der Waals surface area contributed by atoms with E-state index in [2.05, 4.69) is 11.2 Å². The zero-order valence-electron chi connectivity index (χ0n) is 10.2. The van der Waals surface area contributed by atoms with Crippen molar-refractivity contribution < 1.29 is 4.74 Å². The molecule has 0 atom stereocenters. The van der Waals surface area contributed by atoms with Gasteiger partial charge in [0.2, 0.25) is 0 Å². The molecule has 0 spiro atoms. The third kappa shape index (κ3) is 1.56. The number of benzene rings is 1. The van der Waals surface area contributed by atoms with Crippen LogP contribution in [0.5, 0.6) is 5.75 Å². The largest absolute Gasteiger partial charge is 0.497 e. The Morgan fingerprint density at radius 3 is 3.06 bits per heavy atom. The maximum Gasteiger partial charge on any atom is 0.166 e. The average Bonchev–Trinajstić information content (AvgIpc) is 3.00. The predicted molar refractivity (Wildman–Crippen MR) is 66.9 cm³/mol. The van der Waals surface area contributed by atoms with Crippen LogP contribution in [0.3, 0.4) is 0 Å². The van der Waals surface area contributed by atoms with E-state index in [1.165, 1.54) is 5.69 Å². The number of nitrogens with zero attached hydrogens (tertiary/aromatic N) is 3. The Hall–Kier alpha value is -2.28. The summed E-state index contributed by atoms with van der Waals surface area (Å²) < 4.78 is 7.10. The van der Waals surface area contributed by atoms with E-state index in [9.17, 15) is 0 Å². The van der Waals surface area contributed by atoms with Gasteiger partial charge in [0, 0.05) is 17.3 Å². The van der Waals surface area contributed by atoms with E-state index in [-0.39, 0.29) is 0 Å². The van der Waals surface area contributed by atoms with Gasteiger partial charge in [-0.3, -0.25) is 0 Å². The van der Waals surface area contributed by atoms with E-state index in [1.807, 2.05) is 28.9 Å². The van der Waals surface area contributed by atoms with Crippen LogP contribution in [0.25, 0.3) is 5.69 Å². The highest BCUT2D eigenvalue weighted by Crippen LogP contribution is 2.28. The van der Waals surface area contributed by atoms with Crippen molar-refractivity contribution >= 4 is 0 Å². The summed E-state index contributed by atoms with van der Waals surface area (Å²) in [4.78, 5) is 0. The summed E-state index contributed by atoms with van der Waals surface area (Å²) in [5.74, 6) is 0.799. The van der Waals surface area contributed by atoms with Gasteiger partial charge in [-0.05, 0) is 31.4 Å². The summed E-state index contributed by atoms with van der Waals surface area (Å²) in [6.07, 6.45) is 3.05. The van der Waals surface area contributed by atoms with Gasteiger partial charge in [-0.1, -0.05) is 6.07 Å². The van der Waals surface area contributed by atoms with Crippen LogP contribution in [0, 0.1) is 11.3 Å². The molecule has 4 heteroatoms. The quantitative estimate of drug-likeness (QED) is 0.807. The minimum atomic E-state index is 0.560. The van der Waals surface area contributed by atoms with E-state index in [4.69, 9.17) is 10.00 Å². The van der Waals surface area contributed by atoms with E-state index >= 15 is 0 Å². The van der Waals surface area contributed by atoms with E-state index in [1.54, 1.807) is 7.11 Å². The van der Waals surface area contributed by atoms with Crippen molar-refractivity contribution in [1.82, 2.24) is 9.78 Å². The van der Waals surface area contributed by atoms with E-state index in [0.717, 1.165) is 36.3 Å². The molecule has 0 fully saturated rings. The molecule has 1 aromatic carbocycles. The zero-order chi connectivity index (χ0) is 12.5. The number of hydrogen-bond donors (Lipinski definition) is 0. The van der Waals surface area contributed by atoms with Crippen LogP contribution in [0.2, 0.25) is 0 Å². The smallest absolute Gasteiger partial charge is 0.166 e. The lowest BCUT2D eigenvalue weighted by atomic mass is 10.2. The van der Waals surface area contributed by atoms with Gasteiger partial charge < -0.3 is 4.74 Å². The first-order valence-corrected chi connectivity index (χ1v) is 5.99. The summed E-state index contributed by atoms with van der Waals surface area (Å²) >= 11 is 0. The second-order valence-electron chi connectivity index (χ2n) is 4.35. The highest BCUT2D eigenvalue weighted by atomic mass is 16.5. The van der Waals surface area contributed by atoms with E-state index < -0.39 is 0 Å². The maximum absolute atomic E-state index is 9.11. The second kappa shape index (κ2) is 4.19. The van der Waals surface area contributed by atoms with Gasteiger partial charge in [-0.15, -0.1) is 0 Å². The van der Waals surface area contributed by atoms with Gasteiger partial charge in [-0.25, -0.2) is 4.68 Å². The fourth-order valence-corrected chi connectivity index (χ4v) is 2.48. The molecule has 18 heavy (non-hydrogen) atoms. The highest BCUT2D eigenvalue weighted by Gasteiger charge is 2.22.